The number of nitrogens with zero attached hydrogens (tertiary/aromatic N) is 1. The molecule has 0 aliphatic heterocycles. The van der Waals surface area contributed by atoms with Crippen molar-refractivity contribution in [3.63, 3.8) is 0 Å². The Morgan fingerprint density at radius 2 is 2.00 bits per heavy atom. The molecule has 0 saturated heterocycles. The van der Waals surface area contributed by atoms with E-state index in [1.54, 1.807) is 18.0 Å². The van der Waals surface area contributed by atoms with Crippen LogP contribution in [0.2, 0.25) is 0 Å². The van der Waals surface area contributed by atoms with Gasteiger partial charge in [0.15, 0.2) is 9.84 Å². The van der Waals surface area contributed by atoms with Gasteiger partial charge in [-0.3, -0.25) is 9.82 Å². The molecule has 4 rings (SSSR count). The molecule has 26 heavy (non-hydrogen) atoms. The Labute approximate surface area is 157 Å². The molecule has 0 atom stereocenters. The van der Waals surface area contributed by atoms with Crippen LogP contribution in [-0.4, -0.2) is 31.9 Å². The van der Waals surface area contributed by atoms with Crippen molar-refractivity contribution >= 4 is 32.7 Å². The number of hydrogen-bond acceptors (Lipinski definition) is 5. The summed E-state index contributed by atoms with van der Waals surface area (Å²) in [6.07, 6.45) is 3.62. The van der Waals surface area contributed by atoms with Gasteiger partial charge in [0.2, 0.25) is 0 Å². The molecule has 1 saturated carbocycles. The molecule has 136 valence electrons. The number of aryl methyl sites for hydroxylation is 1. The van der Waals surface area contributed by atoms with Crippen molar-refractivity contribution in [3.8, 4) is 11.1 Å². The van der Waals surface area contributed by atoms with Gasteiger partial charge in [-0.05, 0) is 68.1 Å². The zero-order chi connectivity index (χ0) is 18.5. The van der Waals surface area contributed by atoms with Crippen LogP contribution in [-0.2, 0) is 9.84 Å². The first-order valence-electron chi connectivity index (χ1n) is 8.56. The first-order chi connectivity index (χ1) is 12.4. The maximum atomic E-state index is 12.0. The largest absolute Gasteiger partial charge is 0.281 e. The van der Waals surface area contributed by atoms with Crippen LogP contribution < -0.4 is 4.72 Å². The number of H-pyrrole nitrogens is 1. The van der Waals surface area contributed by atoms with Crippen molar-refractivity contribution in [2.75, 3.05) is 13.3 Å². The van der Waals surface area contributed by atoms with E-state index < -0.39 is 9.84 Å². The van der Waals surface area contributed by atoms with E-state index in [2.05, 4.69) is 21.0 Å². The molecule has 7 heteroatoms. The van der Waals surface area contributed by atoms with E-state index in [-0.39, 0.29) is 0 Å². The minimum atomic E-state index is -3.23. The monoisotopic (exact) mass is 387 g/mol. The average molecular weight is 388 g/mol. The second-order valence-corrected chi connectivity index (χ2v) is 9.84. The fraction of sp³-hybridized carbons (Fsp3) is 0.316. The first kappa shape index (κ1) is 17.6. The van der Waals surface area contributed by atoms with E-state index in [1.807, 2.05) is 32.2 Å². The Bertz CT molecular complexity index is 1100. The number of aromatic amines is 1. The maximum absolute atomic E-state index is 12.0. The van der Waals surface area contributed by atoms with Crippen molar-refractivity contribution in [1.82, 2.24) is 14.9 Å². The zero-order valence-electron chi connectivity index (χ0n) is 15.0. The number of hydrogen-bond donors (Lipinski definition) is 2. The summed E-state index contributed by atoms with van der Waals surface area (Å²) in [6.45, 7) is 1.85. The molecule has 3 aromatic rings. The van der Waals surface area contributed by atoms with E-state index in [1.165, 1.54) is 24.8 Å². The molecular weight excluding hydrogens is 366 g/mol. The minimum absolute atomic E-state index is 0.380. The summed E-state index contributed by atoms with van der Waals surface area (Å²) in [7, 11) is -1.34. The second kappa shape index (κ2) is 6.40. The van der Waals surface area contributed by atoms with E-state index in [0.29, 0.717) is 10.8 Å². The van der Waals surface area contributed by atoms with Crippen LogP contribution in [0.15, 0.2) is 40.1 Å². The van der Waals surface area contributed by atoms with Crippen LogP contribution in [0.4, 0.5) is 0 Å². The molecule has 0 radical (unpaired) electrons. The maximum Gasteiger partial charge on any atom is 0.175 e. The highest BCUT2D eigenvalue weighted by Crippen LogP contribution is 2.46. The van der Waals surface area contributed by atoms with Gasteiger partial charge < -0.3 is 0 Å². The van der Waals surface area contributed by atoms with Gasteiger partial charge in [-0.15, -0.1) is 0 Å². The van der Waals surface area contributed by atoms with Gasteiger partial charge in [-0.1, -0.05) is 12.1 Å². The lowest BCUT2D eigenvalue weighted by atomic mass is 9.97. The Balaban J connectivity index is 1.98. The summed E-state index contributed by atoms with van der Waals surface area (Å²) in [5.74, 6) is 0.546. The predicted octanol–water partition coefficient (Wildman–Crippen LogP) is 4.05. The van der Waals surface area contributed by atoms with Crippen molar-refractivity contribution in [2.24, 2.45) is 0 Å². The second-order valence-electron chi connectivity index (χ2n) is 6.80. The van der Waals surface area contributed by atoms with Gasteiger partial charge in [0.25, 0.3) is 0 Å². The lowest BCUT2D eigenvalue weighted by Crippen LogP contribution is -2.00. The standard InChI is InChI=1S/C19H21N3O2S2/c1-11-10-13(6-9-16(11)26(3,23)24)17-15(25-20-2)8-7-14-18(17)19(22-21-14)12-4-5-12/h6-10,12,20H,4-5H2,1-3H3,(H,21,22). The van der Waals surface area contributed by atoms with Gasteiger partial charge >= 0.3 is 0 Å². The Morgan fingerprint density at radius 1 is 1.23 bits per heavy atom. The van der Waals surface area contributed by atoms with Crippen LogP contribution in [0, 0.1) is 6.92 Å². The van der Waals surface area contributed by atoms with E-state index in [9.17, 15) is 8.42 Å². The molecule has 0 unspecified atom stereocenters. The van der Waals surface area contributed by atoms with Crippen LogP contribution in [0.1, 0.15) is 30.0 Å². The Kier molecular flexibility index (Phi) is 4.33. The SMILES string of the molecule is CNSc1ccc2n[nH]c(C3CC3)c2c1-c1ccc(S(C)(=O)=O)c(C)c1. The highest BCUT2D eigenvalue weighted by Gasteiger charge is 2.29. The molecule has 5 nitrogen and oxygen atoms in total. The average Bonchev–Trinajstić information content (AvgIpc) is 3.33. The van der Waals surface area contributed by atoms with Crippen molar-refractivity contribution in [3.05, 3.63) is 41.6 Å². The Hall–Kier alpha value is -1.83. The van der Waals surface area contributed by atoms with Gasteiger partial charge in [-0.25, -0.2) is 8.42 Å². The van der Waals surface area contributed by atoms with Gasteiger partial charge in [0.05, 0.1) is 10.4 Å². The highest BCUT2D eigenvalue weighted by molar-refractivity contribution is 7.97. The van der Waals surface area contributed by atoms with Crippen molar-refractivity contribution in [1.29, 1.82) is 0 Å². The number of sulfone groups is 1. The third-order valence-electron chi connectivity index (χ3n) is 4.77. The minimum Gasteiger partial charge on any atom is -0.281 e. The van der Waals surface area contributed by atoms with Crippen LogP contribution in [0.3, 0.4) is 0 Å². The van der Waals surface area contributed by atoms with Gasteiger partial charge in [-0.2, -0.15) is 5.10 Å². The third-order valence-corrected chi connectivity index (χ3v) is 6.79. The smallest absolute Gasteiger partial charge is 0.175 e. The highest BCUT2D eigenvalue weighted by atomic mass is 32.2. The third kappa shape index (κ3) is 3.04. The summed E-state index contributed by atoms with van der Waals surface area (Å²) in [6, 6.07) is 9.69. The molecule has 1 heterocycles. The molecular formula is C19H21N3O2S2. The number of fused-ring (bicyclic) bond motifs is 1. The topological polar surface area (TPSA) is 74.8 Å². The molecule has 1 aromatic heterocycles. The van der Waals surface area contributed by atoms with Crippen molar-refractivity contribution in [2.45, 2.75) is 35.5 Å². The number of rotatable bonds is 5. The summed E-state index contributed by atoms with van der Waals surface area (Å²) in [4.78, 5) is 1.49. The fourth-order valence-corrected chi connectivity index (χ4v) is 5.12. The van der Waals surface area contributed by atoms with Gasteiger partial charge in [0, 0.05) is 33.7 Å². The normalized spacial score (nSPS) is 14.9. The molecule has 1 aliphatic rings. The molecule has 0 bridgehead atoms. The number of aromatic nitrogens is 2. The lowest BCUT2D eigenvalue weighted by molar-refractivity contribution is 0.601. The summed E-state index contributed by atoms with van der Waals surface area (Å²) >= 11 is 1.56. The molecule has 0 spiro atoms. The molecule has 2 aromatic carbocycles. The van der Waals surface area contributed by atoms with E-state index >= 15 is 0 Å². The fourth-order valence-electron chi connectivity index (χ4n) is 3.48. The molecule has 2 N–H and O–H groups in total. The summed E-state index contributed by atoms with van der Waals surface area (Å²) in [5.41, 5.74) is 5.03. The quantitative estimate of drug-likeness (QED) is 0.646. The first-order valence-corrected chi connectivity index (χ1v) is 11.3. The summed E-state index contributed by atoms with van der Waals surface area (Å²) < 4.78 is 27.1. The predicted molar refractivity (Wildman–Crippen MR) is 106 cm³/mol. The van der Waals surface area contributed by atoms with E-state index in [4.69, 9.17) is 0 Å². The van der Waals surface area contributed by atoms with Crippen LogP contribution in [0.5, 0.6) is 0 Å². The molecule has 1 aliphatic carbocycles. The van der Waals surface area contributed by atoms with E-state index in [0.717, 1.165) is 32.5 Å². The number of benzene rings is 2. The number of nitrogens with one attached hydrogen (secondary N) is 2. The zero-order valence-corrected chi connectivity index (χ0v) is 16.6. The molecule has 1 fully saturated rings. The van der Waals surface area contributed by atoms with Gasteiger partial charge in [0.1, 0.15) is 0 Å². The van der Waals surface area contributed by atoms with Crippen LogP contribution >= 0.6 is 11.9 Å². The lowest BCUT2D eigenvalue weighted by Gasteiger charge is -2.13. The Morgan fingerprint density at radius 3 is 2.62 bits per heavy atom. The molecule has 0 amide bonds. The van der Waals surface area contributed by atoms with Crippen LogP contribution in [0.25, 0.3) is 22.0 Å². The van der Waals surface area contributed by atoms with Crippen molar-refractivity contribution < 1.29 is 8.42 Å². The summed E-state index contributed by atoms with van der Waals surface area (Å²) in [5, 5.41) is 8.88.